The molecule has 0 aliphatic carbocycles. The van der Waals surface area contributed by atoms with Gasteiger partial charge in [-0.3, -0.25) is 4.99 Å². The van der Waals surface area contributed by atoms with Crippen molar-refractivity contribution in [1.29, 1.82) is 0 Å². The third-order valence-electron chi connectivity index (χ3n) is 3.97. The number of rotatable bonds is 6. The van der Waals surface area contributed by atoms with Crippen LogP contribution in [0.2, 0.25) is 0 Å². The molecule has 0 bridgehead atoms. The number of nitrogens with zero attached hydrogens (tertiary/aromatic N) is 4. The normalized spacial score (nSPS) is 17.5. The highest BCUT2D eigenvalue weighted by atomic mass is 32.2. The third kappa shape index (κ3) is 5.20. The van der Waals surface area contributed by atoms with E-state index in [1.165, 1.54) is 10.6 Å². The Morgan fingerprint density at radius 2 is 2.08 bits per heavy atom. The van der Waals surface area contributed by atoms with E-state index in [2.05, 4.69) is 34.2 Å². The van der Waals surface area contributed by atoms with Crippen molar-refractivity contribution in [1.82, 2.24) is 19.7 Å². The molecule has 0 saturated carbocycles. The van der Waals surface area contributed by atoms with Crippen LogP contribution in [-0.2, 0) is 15.8 Å². The zero-order valence-electron chi connectivity index (χ0n) is 14.6. The molecule has 136 valence electrons. The minimum absolute atomic E-state index is 0.120. The Morgan fingerprint density at radius 3 is 2.62 bits per heavy atom. The molecule has 0 radical (unpaired) electrons. The van der Waals surface area contributed by atoms with E-state index in [0.717, 1.165) is 18.9 Å². The number of sulfonamides is 1. The van der Waals surface area contributed by atoms with Gasteiger partial charge in [0.1, 0.15) is 12.0 Å². The molecule has 1 fully saturated rings. The topological polar surface area (TPSA) is 91.0 Å². The van der Waals surface area contributed by atoms with Crippen LogP contribution >= 0.6 is 0 Å². The Labute approximate surface area is 143 Å². The van der Waals surface area contributed by atoms with Crippen LogP contribution in [0.3, 0.4) is 0 Å². The first-order valence-electron chi connectivity index (χ1n) is 8.25. The van der Waals surface area contributed by atoms with Gasteiger partial charge in [0.05, 0.1) is 5.69 Å². The molecule has 9 heteroatoms. The van der Waals surface area contributed by atoms with Crippen molar-refractivity contribution < 1.29 is 12.9 Å². The maximum absolute atomic E-state index is 12.4. The van der Waals surface area contributed by atoms with Gasteiger partial charge in [-0.2, -0.15) is 4.31 Å². The van der Waals surface area contributed by atoms with Gasteiger partial charge in [-0.15, -0.1) is 0 Å². The average molecular weight is 357 g/mol. The van der Waals surface area contributed by atoms with E-state index in [4.69, 9.17) is 4.52 Å². The van der Waals surface area contributed by atoms with E-state index >= 15 is 0 Å². The number of nitrogens with one attached hydrogen (secondary N) is 1. The first kappa shape index (κ1) is 18.7. The predicted molar refractivity (Wildman–Crippen MR) is 93.1 cm³/mol. The second-order valence-corrected chi connectivity index (χ2v) is 8.26. The number of guanidine groups is 1. The summed E-state index contributed by atoms with van der Waals surface area (Å²) in [5.74, 6) is 1.35. The van der Waals surface area contributed by atoms with E-state index in [1.807, 2.05) is 0 Å². The molecule has 1 aliphatic rings. The molecular weight excluding hydrogens is 330 g/mol. The van der Waals surface area contributed by atoms with Crippen LogP contribution in [0.4, 0.5) is 0 Å². The fourth-order valence-corrected chi connectivity index (χ4v) is 4.00. The van der Waals surface area contributed by atoms with E-state index in [-0.39, 0.29) is 5.75 Å². The Hall–Kier alpha value is -1.61. The molecule has 24 heavy (non-hydrogen) atoms. The van der Waals surface area contributed by atoms with Gasteiger partial charge >= 0.3 is 0 Å². The van der Waals surface area contributed by atoms with Crippen molar-refractivity contribution in [3.8, 4) is 0 Å². The lowest BCUT2D eigenvalue weighted by Gasteiger charge is -2.35. The van der Waals surface area contributed by atoms with Crippen LogP contribution in [0.15, 0.2) is 21.8 Å². The Kier molecular flexibility index (Phi) is 6.61. The number of hydrogen-bond donors (Lipinski definition) is 1. The van der Waals surface area contributed by atoms with Gasteiger partial charge in [0.25, 0.3) is 0 Å². The molecular formula is C15H27N5O3S. The standard InChI is InChI=1S/C15H27N5O3S/c1-13(2)4-6-17-15(16-3)19-7-9-20(10-8-19)24(21,22)12-14-5-11-23-18-14/h5,11,13H,4,6-10,12H2,1-3H3,(H,16,17). The second kappa shape index (κ2) is 8.48. The average Bonchev–Trinajstić information content (AvgIpc) is 3.04. The highest BCUT2D eigenvalue weighted by molar-refractivity contribution is 7.88. The molecule has 1 aromatic heterocycles. The molecule has 1 aromatic rings. The monoisotopic (exact) mass is 357 g/mol. The fourth-order valence-electron chi connectivity index (χ4n) is 2.57. The highest BCUT2D eigenvalue weighted by Crippen LogP contribution is 2.13. The summed E-state index contributed by atoms with van der Waals surface area (Å²) < 4.78 is 31.1. The Morgan fingerprint density at radius 1 is 1.38 bits per heavy atom. The molecule has 8 nitrogen and oxygen atoms in total. The van der Waals surface area contributed by atoms with Crippen molar-refractivity contribution in [2.45, 2.75) is 26.0 Å². The van der Waals surface area contributed by atoms with Gasteiger partial charge in [-0.05, 0) is 12.3 Å². The molecule has 1 aliphatic heterocycles. The van der Waals surface area contributed by atoms with Gasteiger partial charge in [-0.1, -0.05) is 19.0 Å². The highest BCUT2D eigenvalue weighted by Gasteiger charge is 2.28. The molecule has 1 N–H and O–H groups in total. The summed E-state index contributed by atoms with van der Waals surface area (Å²) in [5, 5.41) is 7.03. The summed E-state index contributed by atoms with van der Waals surface area (Å²) in [7, 11) is -1.61. The maximum atomic E-state index is 12.4. The molecule has 1 saturated heterocycles. The van der Waals surface area contributed by atoms with Crippen LogP contribution in [0, 0.1) is 5.92 Å². The van der Waals surface area contributed by atoms with Gasteiger partial charge in [0, 0.05) is 45.8 Å². The number of aliphatic imine (C=N–C) groups is 1. The second-order valence-electron chi connectivity index (χ2n) is 6.29. The Bertz CT molecular complexity index is 620. The van der Waals surface area contributed by atoms with Gasteiger partial charge in [0.2, 0.25) is 10.0 Å². The zero-order valence-corrected chi connectivity index (χ0v) is 15.4. The fraction of sp³-hybridized carbons (Fsp3) is 0.733. The van der Waals surface area contributed by atoms with Crippen LogP contribution in [0.1, 0.15) is 26.0 Å². The van der Waals surface area contributed by atoms with E-state index in [0.29, 0.717) is 37.8 Å². The van der Waals surface area contributed by atoms with Gasteiger partial charge < -0.3 is 14.7 Å². The minimum atomic E-state index is -3.37. The molecule has 0 atom stereocenters. The Balaban J connectivity index is 1.85. The molecule has 2 rings (SSSR count). The van der Waals surface area contributed by atoms with E-state index in [9.17, 15) is 8.42 Å². The first-order chi connectivity index (χ1) is 11.4. The van der Waals surface area contributed by atoms with E-state index < -0.39 is 10.0 Å². The number of piperazine rings is 1. The van der Waals surface area contributed by atoms with E-state index in [1.54, 1.807) is 13.1 Å². The van der Waals surface area contributed by atoms with Crippen LogP contribution in [0.25, 0.3) is 0 Å². The van der Waals surface area contributed by atoms with Crippen molar-refractivity contribution in [3.05, 3.63) is 18.0 Å². The SMILES string of the molecule is CN=C(NCCC(C)C)N1CCN(S(=O)(=O)Cc2ccon2)CC1. The lowest BCUT2D eigenvalue weighted by atomic mass is 10.1. The molecule has 0 unspecified atom stereocenters. The molecule has 0 amide bonds. The third-order valence-corrected chi connectivity index (χ3v) is 5.78. The summed E-state index contributed by atoms with van der Waals surface area (Å²) in [6.45, 7) is 7.38. The van der Waals surface area contributed by atoms with Crippen molar-refractivity contribution in [2.75, 3.05) is 39.8 Å². The number of hydrogen-bond acceptors (Lipinski definition) is 5. The lowest BCUT2D eigenvalue weighted by Crippen LogP contribution is -2.54. The molecule has 0 spiro atoms. The minimum Gasteiger partial charge on any atom is -0.364 e. The summed E-state index contributed by atoms with van der Waals surface area (Å²) >= 11 is 0. The first-order valence-corrected chi connectivity index (χ1v) is 9.86. The maximum Gasteiger partial charge on any atom is 0.220 e. The predicted octanol–water partition coefficient (Wildman–Crippen LogP) is 0.744. The number of aromatic nitrogens is 1. The van der Waals surface area contributed by atoms with Gasteiger partial charge in [-0.25, -0.2) is 8.42 Å². The smallest absolute Gasteiger partial charge is 0.220 e. The largest absolute Gasteiger partial charge is 0.364 e. The quantitative estimate of drug-likeness (QED) is 0.597. The summed E-state index contributed by atoms with van der Waals surface area (Å²) in [6.07, 6.45) is 2.46. The van der Waals surface area contributed by atoms with Crippen LogP contribution in [-0.4, -0.2) is 68.5 Å². The molecule has 0 aromatic carbocycles. The zero-order chi connectivity index (χ0) is 17.6. The van der Waals surface area contributed by atoms with Crippen LogP contribution in [0.5, 0.6) is 0 Å². The van der Waals surface area contributed by atoms with Crippen molar-refractivity contribution >= 4 is 16.0 Å². The van der Waals surface area contributed by atoms with Crippen LogP contribution < -0.4 is 5.32 Å². The summed E-state index contributed by atoms with van der Waals surface area (Å²) in [4.78, 5) is 6.40. The van der Waals surface area contributed by atoms with Gasteiger partial charge in [0.15, 0.2) is 5.96 Å². The lowest BCUT2D eigenvalue weighted by molar-refractivity contribution is 0.259. The summed E-state index contributed by atoms with van der Waals surface area (Å²) in [6, 6.07) is 1.58. The summed E-state index contributed by atoms with van der Waals surface area (Å²) in [5.41, 5.74) is 0.434. The van der Waals surface area contributed by atoms with Crippen molar-refractivity contribution in [3.63, 3.8) is 0 Å². The molecule has 2 heterocycles. The van der Waals surface area contributed by atoms with Crippen molar-refractivity contribution in [2.24, 2.45) is 10.9 Å².